The Morgan fingerprint density at radius 2 is 2.07 bits per heavy atom. The number of fused-ring (bicyclic) bond motifs is 1. The van der Waals surface area contributed by atoms with Gasteiger partial charge in [-0.15, -0.1) is 0 Å². The van der Waals surface area contributed by atoms with Crippen LogP contribution in [0, 0.1) is 5.82 Å². The highest BCUT2D eigenvalue weighted by molar-refractivity contribution is 7.80. The zero-order chi connectivity index (χ0) is 20.4. The summed E-state index contributed by atoms with van der Waals surface area (Å²) < 4.78 is 31.0. The van der Waals surface area contributed by atoms with Gasteiger partial charge in [0, 0.05) is 16.8 Å². The third-order valence-corrected chi connectivity index (χ3v) is 4.96. The molecule has 1 aliphatic heterocycles. The summed E-state index contributed by atoms with van der Waals surface area (Å²) in [4.78, 5) is 11.4. The van der Waals surface area contributed by atoms with Crippen LogP contribution in [0.15, 0.2) is 30.3 Å². The van der Waals surface area contributed by atoms with Crippen molar-refractivity contribution >= 4 is 40.5 Å². The Kier molecular flexibility index (Phi) is 6.02. The van der Waals surface area contributed by atoms with Crippen LogP contribution in [0.2, 0.25) is 5.02 Å². The number of para-hydroxylation sites is 1. The van der Waals surface area contributed by atoms with Crippen molar-refractivity contribution in [1.29, 1.82) is 0 Å². The zero-order valence-corrected chi connectivity index (χ0v) is 16.6. The number of hydrogen-bond acceptors (Lipinski definition) is 5. The molecule has 1 aliphatic rings. The molecule has 2 N–H and O–H groups in total. The fraction of sp³-hybridized carbons (Fsp3) is 0.263. The number of carboxylic acid groups (broad SMARTS) is 1. The first-order valence-corrected chi connectivity index (χ1v) is 9.02. The number of methoxy groups -OCH3 is 2. The lowest BCUT2D eigenvalue weighted by Gasteiger charge is -2.24. The van der Waals surface area contributed by atoms with Crippen LogP contribution in [0.4, 0.5) is 10.1 Å². The summed E-state index contributed by atoms with van der Waals surface area (Å²) in [6.45, 7) is 0. The average molecular weight is 426 g/mol. The van der Waals surface area contributed by atoms with Gasteiger partial charge in [-0.25, -0.2) is 4.39 Å². The number of benzene rings is 2. The average Bonchev–Trinajstić information content (AvgIpc) is 2.78. The SMILES string of the molecule is COc1cccc([C@@H]2O[C@@H](CC(=O)O)C(=S)Nc3cc(F)c(Cl)cc32)c1OC. The molecule has 0 unspecified atom stereocenters. The van der Waals surface area contributed by atoms with Gasteiger partial charge in [0.25, 0.3) is 0 Å². The number of anilines is 1. The van der Waals surface area contributed by atoms with Crippen LogP contribution in [0.5, 0.6) is 11.5 Å². The molecule has 0 amide bonds. The first-order chi connectivity index (χ1) is 13.3. The number of carboxylic acids is 1. The van der Waals surface area contributed by atoms with Gasteiger partial charge in [0.2, 0.25) is 0 Å². The zero-order valence-electron chi connectivity index (χ0n) is 15.0. The van der Waals surface area contributed by atoms with E-state index in [-0.39, 0.29) is 16.4 Å². The van der Waals surface area contributed by atoms with E-state index in [4.69, 9.17) is 38.0 Å². The van der Waals surface area contributed by atoms with Crippen molar-refractivity contribution in [3.05, 3.63) is 52.3 Å². The maximum absolute atomic E-state index is 14.1. The predicted octanol–water partition coefficient (Wildman–Crippen LogP) is 4.20. The number of ether oxygens (including phenoxy) is 3. The molecule has 0 fully saturated rings. The van der Waals surface area contributed by atoms with Crippen LogP contribution in [0.3, 0.4) is 0 Å². The lowest BCUT2D eigenvalue weighted by molar-refractivity contribution is -0.139. The summed E-state index contributed by atoms with van der Waals surface area (Å²) in [5.74, 6) is -0.847. The molecule has 0 aromatic heterocycles. The highest BCUT2D eigenvalue weighted by Crippen LogP contribution is 2.44. The summed E-state index contributed by atoms with van der Waals surface area (Å²) in [5, 5.41) is 12.0. The first-order valence-electron chi connectivity index (χ1n) is 8.23. The van der Waals surface area contributed by atoms with Crippen LogP contribution in [0.25, 0.3) is 0 Å². The largest absolute Gasteiger partial charge is 0.493 e. The molecule has 2 aromatic rings. The van der Waals surface area contributed by atoms with Gasteiger partial charge in [0.05, 0.1) is 25.7 Å². The van der Waals surface area contributed by atoms with Crippen molar-refractivity contribution in [2.45, 2.75) is 18.6 Å². The molecule has 148 valence electrons. The quantitative estimate of drug-likeness (QED) is 0.695. The van der Waals surface area contributed by atoms with Crippen molar-refractivity contribution in [2.24, 2.45) is 0 Å². The molecule has 1 heterocycles. The van der Waals surface area contributed by atoms with E-state index < -0.39 is 24.0 Å². The van der Waals surface area contributed by atoms with Crippen molar-refractivity contribution in [2.75, 3.05) is 19.5 Å². The van der Waals surface area contributed by atoms with E-state index in [1.54, 1.807) is 18.2 Å². The Balaban J connectivity index is 2.21. The summed E-state index contributed by atoms with van der Waals surface area (Å²) in [6, 6.07) is 7.84. The van der Waals surface area contributed by atoms with E-state index >= 15 is 0 Å². The highest BCUT2D eigenvalue weighted by atomic mass is 35.5. The van der Waals surface area contributed by atoms with Crippen LogP contribution < -0.4 is 14.8 Å². The molecule has 0 aliphatic carbocycles. The molecule has 6 nitrogen and oxygen atoms in total. The van der Waals surface area contributed by atoms with E-state index in [2.05, 4.69) is 5.32 Å². The van der Waals surface area contributed by atoms with Gasteiger partial charge in [-0.05, 0) is 18.2 Å². The molecular weight excluding hydrogens is 409 g/mol. The molecule has 0 radical (unpaired) electrons. The number of carbonyl (C=O) groups is 1. The van der Waals surface area contributed by atoms with E-state index in [1.165, 1.54) is 26.4 Å². The summed E-state index contributed by atoms with van der Waals surface area (Å²) in [6.07, 6.45) is -2.13. The van der Waals surface area contributed by atoms with E-state index in [0.29, 0.717) is 28.3 Å². The van der Waals surface area contributed by atoms with Crippen LogP contribution in [0.1, 0.15) is 23.7 Å². The standard InChI is InChI=1S/C19H17ClFNO5S/c1-25-14-5-3-4-9(18(14)26-2)17-10-6-11(20)12(21)7-13(10)22-19(28)15(27-17)8-16(23)24/h3-7,15,17H,8H2,1-2H3,(H,22,28)(H,23,24)/t15-,17-/m0/s1. The molecule has 2 aromatic carbocycles. The molecule has 3 rings (SSSR count). The molecule has 2 atom stereocenters. The minimum Gasteiger partial charge on any atom is -0.493 e. The number of rotatable bonds is 5. The van der Waals surface area contributed by atoms with Gasteiger partial charge in [0.15, 0.2) is 11.5 Å². The fourth-order valence-corrected chi connectivity index (χ4v) is 3.48. The molecule has 9 heteroatoms. The van der Waals surface area contributed by atoms with Gasteiger partial charge >= 0.3 is 5.97 Å². The third kappa shape index (κ3) is 3.89. The topological polar surface area (TPSA) is 77.0 Å². The third-order valence-electron chi connectivity index (χ3n) is 4.30. The Morgan fingerprint density at radius 1 is 1.32 bits per heavy atom. The van der Waals surface area contributed by atoms with Gasteiger partial charge in [-0.2, -0.15) is 0 Å². The maximum atomic E-state index is 14.1. The number of aliphatic carboxylic acids is 1. The number of halogens is 2. The molecule has 0 saturated heterocycles. The molecular formula is C19H17ClFNO5S. The minimum atomic E-state index is -1.08. The Hall–Kier alpha value is -2.42. The second kappa shape index (κ2) is 8.30. The van der Waals surface area contributed by atoms with E-state index in [1.807, 2.05) is 0 Å². The minimum absolute atomic E-state index is 0.0985. The molecule has 0 spiro atoms. The monoisotopic (exact) mass is 425 g/mol. The van der Waals surface area contributed by atoms with Crippen molar-refractivity contribution in [3.63, 3.8) is 0 Å². The highest BCUT2D eigenvalue weighted by Gasteiger charge is 2.34. The molecule has 0 saturated carbocycles. The molecule has 0 bridgehead atoms. The van der Waals surface area contributed by atoms with Crippen molar-refractivity contribution in [3.8, 4) is 11.5 Å². The van der Waals surface area contributed by atoms with Crippen LogP contribution in [-0.4, -0.2) is 36.4 Å². The van der Waals surface area contributed by atoms with Crippen molar-refractivity contribution in [1.82, 2.24) is 0 Å². The Morgan fingerprint density at radius 3 is 2.71 bits per heavy atom. The number of hydrogen-bond donors (Lipinski definition) is 2. The number of nitrogens with one attached hydrogen (secondary N) is 1. The second-order valence-corrected chi connectivity index (χ2v) is 6.88. The lowest BCUT2D eigenvalue weighted by Crippen LogP contribution is -2.30. The number of thiocarbonyl (C=S) groups is 1. The first kappa shape index (κ1) is 20.3. The second-order valence-electron chi connectivity index (χ2n) is 6.03. The fourth-order valence-electron chi connectivity index (χ4n) is 3.06. The van der Waals surface area contributed by atoms with Crippen LogP contribution >= 0.6 is 23.8 Å². The summed E-state index contributed by atoms with van der Waals surface area (Å²) >= 11 is 11.3. The van der Waals surface area contributed by atoms with Crippen molar-refractivity contribution < 1.29 is 28.5 Å². The Labute approximate surface area is 171 Å². The van der Waals surface area contributed by atoms with E-state index in [0.717, 1.165) is 0 Å². The smallest absolute Gasteiger partial charge is 0.306 e. The van der Waals surface area contributed by atoms with E-state index in [9.17, 15) is 14.3 Å². The summed E-state index contributed by atoms with van der Waals surface area (Å²) in [7, 11) is 2.98. The normalized spacial score (nSPS) is 18.6. The van der Waals surface area contributed by atoms with Gasteiger partial charge in [0.1, 0.15) is 23.0 Å². The van der Waals surface area contributed by atoms with Gasteiger partial charge < -0.3 is 24.6 Å². The van der Waals surface area contributed by atoms with Gasteiger partial charge in [-0.3, -0.25) is 4.79 Å². The predicted molar refractivity (Wildman–Crippen MR) is 106 cm³/mol. The maximum Gasteiger partial charge on any atom is 0.306 e. The summed E-state index contributed by atoms with van der Waals surface area (Å²) in [5.41, 5.74) is 1.40. The van der Waals surface area contributed by atoms with Crippen LogP contribution in [-0.2, 0) is 9.53 Å². The lowest BCUT2D eigenvalue weighted by atomic mass is 9.98. The molecule has 28 heavy (non-hydrogen) atoms. The van der Waals surface area contributed by atoms with Gasteiger partial charge in [-0.1, -0.05) is 36.0 Å². The Bertz CT molecular complexity index is 939.